The van der Waals surface area contributed by atoms with E-state index in [2.05, 4.69) is 4.98 Å². The number of carbonyl (C=O) groups is 1. The summed E-state index contributed by atoms with van der Waals surface area (Å²) in [5, 5.41) is 0. The molecule has 0 saturated heterocycles. The summed E-state index contributed by atoms with van der Waals surface area (Å²) in [6, 6.07) is 5.28. The molecule has 0 aliphatic rings. The third kappa shape index (κ3) is 1.82. The van der Waals surface area contributed by atoms with E-state index in [0.29, 0.717) is 23.0 Å². The molecule has 4 nitrogen and oxygen atoms in total. The second kappa shape index (κ2) is 4.18. The molecule has 0 unspecified atom stereocenters. The van der Waals surface area contributed by atoms with Crippen LogP contribution in [0.2, 0.25) is 0 Å². The Labute approximate surface area is 92.9 Å². The highest BCUT2D eigenvalue weighted by atomic mass is 16.5. The van der Waals surface area contributed by atoms with Crippen molar-refractivity contribution in [3.05, 3.63) is 35.7 Å². The summed E-state index contributed by atoms with van der Waals surface area (Å²) >= 11 is 0. The first-order chi connectivity index (χ1) is 7.74. The summed E-state index contributed by atoms with van der Waals surface area (Å²) in [5.74, 6) is 1.79. The third-order valence-electron chi connectivity index (χ3n) is 2.31. The SMILES string of the molecule is COc1ccc(-c2cc(C=O)c(C)o2)cn1. The van der Waals surface area contributed by atoms with E-state index in [1.54, 1.807) is 32.4 Å². The Bertz CT molecular complexity index is 499. The number of furan rings is 1. The zero-order chi connectivity index (χ0) is 11.5. The predicted octanol–water partition coefficient (Wildman–Crippen LogP) is 2.47. The molecular formula is C12H11NO3. The molecule has 2 aromatic heterocycles. The van der Waals surface area contributed by atoms with Gasteiger partial charge in [-0.15, -0.1) is 0 Å². The van der Waals surface area contributed by atoms with Crippen LogP contribution in [-0.2, 0) is 0 Å². The monoisotopic (exact) mass is 217 g/mol. The fourth-order valence-electron chi connectivity index (χ4n) is 1.40. The van der Waals surface area contributed by atoms with E-state index in [1.807, 2.05) is 6.07 Å². The second-order valence-corrected chi connectivity index (χ2v) is 3.33. The van der Waals surface area contributed by atoms with Gasteiger partial charge in [-0.3, -0.25) is 4.79 Å². The molecule has 0 radical (unpaired) electrons. The first-order valence-electron chi connectivity index (χ1n) is 4.80. The van der Waals surface area contributed by atoms with E-state index in [1.165, 1.54) is 0 Å². The van der Waals surface area contributed by atoms with Crippen molar-refractivity contribution < 1.29 is 13.9 Å². The van der Waals surface area contributed by atoms with Crippen LogP contribution in [-0.4, -0.2) is 18.4 Å². The van der Waals surface area contributed by atoms with Crippen molar-refractivity contribution in [2.45, 2.75) is 6.92 Å². The van der Waals surface area contributed by atoms with Gasteiger partial charge in [0.1, 0.15) is 11.5 Å². The normalized spacial score (nSPS) is 10.1. The van der Waals surface area contributed by atoms with Crippen LogP contribution in [0, 0.1) is 6.92 Å². The summed E-state index contributed by atoms with van der Waals surface area (Å²) in [4.78, 5) is 14.7. The fraction of sp³-hybridized carbons (Fsp3) is 0.167. The lowest BCUT2D eigenvalue weighted by Crippen LogP contribution is -1.86. The van der Waals surface area contributed by atoms with Gasteiger partial charge in [-0.05, 0) is 19.1 Å². The number of aryl methyl sites for hydroxylation is 1. The Kier molecular flexibility index (Phi) is 2.72. The minimum atomic E-state index is 0.544. The molecule has 0 aliphatic heterocycles. The maximum absolute atomic E-state index is 10.7. The molecule has 0 fully saturated rings. The van der Waals surface area contributed by atoms with Gasteiger partial charge in [0.05, 0.1) is 12.7 Å². The molecule has 0 bridgehead atoms. The summed E-state index contributed by atoms with van der Waals surface area (Å²) in [6.45, 7) is 1.75. The molecule has 0 atom stereocenters. The quantitative estimate of drug-likeness (QED) is 0.741. The number of aromatic nitrogens is 1. The van der Waals surface area contributed by atoms with Crippen molar-refractivity contribution in [1.29, 1.82) is 0 Å². The molecule has 2 rings (SSSR count). The van der Waals surface area contributed by atoms with E-state index < -0.39 is 0 Å². The number of methoxy groups -OCH3 is 1. The Morgan fingerprint density at radius 3 is 2.75 bits per heavy atom. The highest BCUT2D eigenvalue weighted by Gasteiger charge is 2.08. The van der Waals surface area contributed by atoms with Gasteiger partial charge < -0.3 is 9.15 Å². The van der Waals surface area contributed by atoms with Gasteiger partial charge in [-0.2, -0.15) is 0 Å². The molecule has 0 aromatic carbocycles. The molecule has 0 aliphatic carbocycles. The Hall–Kier alpha value is -2.10. The maximum Gasteiger partial charge on any atom is 0.212 e. The number of rotatable bonds is 3. The van der Waals surface area contributed by atoms with Crippen LogP contribution in [0.1, 0.15) is 16.1 Å². The Morgan fingerprint density at radius 2 is 2.25 bits per heavy atom. The number of ether oxygens (including phenoxy) is 1. The summed E-state index contributed by atoms with van der Waals surface area (Å²) in [7, 11) is 1.56. The first-order valence-corrected chi connectivity index (χ1v) is 4.80. The van der Waals surface area contributed by atoms with Crippen LogP contribution in [0.3, 0.4) is 0 Å². The zero-order valence-corrected chi connectivity index (χ0v) is 9.06. The van der Waals surface area contributed by atoms with Crippen LogP contribution in [0.25, 0.3) is 11.3 Å². The third-order valence-corrected chi connectivity index (χ3v) is 2.31. The van der Waals surface area contributed by atoms with Gasteiger partial charge in [0.2, 0.25) is 5.88 Å². The van der Waals surface area contributed by atoms with Crippen LogP contribution in [0.15, 0.2) is 28.8 Å². The van der Waals surface area contributed by atoms with Gasteiger partial charge in [0.15, 0.2) is 6.29 Å². The predicted molar refractivity (Wildman–Crippen MR) is 58.6 cm³/mol. The van der Waals surface area contributed by atoms with Crippen molar-refractivity contribution in [1.82, 2.24) is 4.98 Å². The Balaban J connectivity index is 2.38. The van der Waals surface area contributed by atoms with Crippen molar-refractivity contribution in [2.75, 3.05) is 7.11 Å². The van der Waals surface area contributed by atoms with Crippen molar-refractivity contribution >= 4 is 6.29 Å². The van der Waals surface area contributed by atoms with Crippen LogP contribution in [0.4, 0.5) is 0 Å². The molecule has 0 amide bonds. The first kappa shape index (κ1) is 10.4. The molecule has 0 saturated carbocycles. The topological polar surface area (TPSA) is 52.3 Å². The smallest absolute Gasteiger partial charge is 0.212 e. The van der Waals surface area contributed by atoms with Crippen molar-refractivity contribution in [3.8, 4) is 17.2 Å². The van der Waals surface area contributed by atoms with Gasteiger partial charge in [-0.25, -0.2) is 4.98 Å². The molecular weight excluding hydrogens is 206 g/mol. The number of nitrogens with zero attached hydrogens (tertiary/aromatic N) is 1. The molecule has 0 N–H and O–H groups in total. The van der Waals surface area contributed by atoms with E-state index >= 15 is 0 Å². The standard InChI is InChI=1S/C12H11NO3/c1-8-10(7-14)5-11(16-8)9-3-4-12(15-2)13-6-9/h3-7H,1-2H3. The second-order valence-electron chi connectivity index (χ2n) is 3.33. The number of aldehydes is 1. The van der Waals surface area contributed by atoms with Gasteiger partial charge in [0.25, 0.3) is 0 Å². The molecule has 0 spiro atoms. The van der Waals surface area contributed by atoms with Gasteiger partial charge in [0, 0.05) is 17.8 Å². The lowest BCUT2D eigenvalue weighted by Gasteiger charge is -1.99. The number of hydrogen-bond acceptors (Lipinski definition) is 4. The van der Waals surface area contributed by atoms with Crippen molar-refractivity contribution in [3.63, 3.8) is 0 Å². The molecule has 82 valence electrons. The molecule has 2 aromatic rings. The van der Waals surface area contributed by atoms with Crippen molar-refractivity contribution in [2.24, 2.45) is 0 Å². The molecule has 4 heteroatoms. The lowest BCUT2D eigenvalue weighted by molar-refractivity contribution is 0.112. The number of pyridine rings is 1. The lowest BCUT2D eigenvalue weighted by atomic mass is 10.2. The Morgan fingerprint density at radius 1 is 1.44 bits per heavy atom. The van der Waals surface area contributed by atoms with E-state index in [0.717, 1.165) is 11.8 Å². The van der Waals surface area contributed by atoms with Gasteiger partial charge in [-0.1, -0.05) is 0 Å². The minimum Gasteiger partial charge on any atom is -0.481 e. The van der Waals surface area contributed by atoms with Crippen LogP contribution in [0.5, 0.6) is 5.88 Å². The number of carbonyl (C=O) groups excluding carboxylic acids is 1. The minimum absolute atomic E-state index is 0.544. The average molecular weight is 217 g/mol. The largest absolute Gasteiger partial charge is 0.481 e. The maximum atomic E-state index is 10.7. The fourth-order valence-corrected chi connectivity index (χ4v) is 1.40. The zero-order valence-electron chi connectivity index (χ0n) is 9.06. The highest BCUT2D eigenvalue weighted by Crippen LogP contribution is 2.24. The van der Waals surface area contributed by atoms with E-state index in [4.69, 9.17) is 9.15 Å². The summed E-state index contributed by atoms with van der Waals surface area (Å²) < 4.78 is 10.4. The average Bonchev–Trinajstić information content (AvgIpc) is 2.71. The van der Waals surface area contributed by atoms with Crippen LogP contribution >= 0.6 is 0 Å². The summed E-state index contributed by atoms with van der Waals surface area (Å²) in [5.41, 5.74) is 1.38. The van der Waals surface area contributed by atoms with Crippen LogP contribution < -0.4 is 4.74 Å². The molecule has 16 heavy (non-hydrogen) atoms. The molecule has 2 heterocycles. The van der Waals surface area contributed by atoms with E-state index in [9.17, 15) is 4.79 Å². The van der Waals surface area contributed by atoms with E-state index in [-0.39, 0.29) is 0 Å². The highest BCUT2D eigenvalue weighted by molar-refractivity contribution is 5.79. The summed E-state index contributed by atoms with van der Waals surface area (Å²) in [6.07, 6.45) is 2.42. The number of hydrogen-bond donors (Lipinski definition) is 0. The van der Waals surface area contributed by atoms with Gasteiger partial charge >= 0.3 is 0 Å².